The van der Waals surface area contributed by atoms with Crippen LogP contribution in [0.25, 0.3) is 0 Å². The third-order valence-electron chi connectivity index (χ3n) is 4.18. The molecule has 2 fully saturated rings. The molecule has 3 N–H and O–H groups in total. The van der Waals surface area contributed by atoms with E-state index < -0.39 is 6.04 Å². The fourth-order valence-corrected chi connectivity index (χ4v) is 2.73. The zero-order valence-corrected chi connectivity index (χ0v) is 12.3. The topological polar surface area (TPSA) is 67.6 Å². The van der Waals surface area contributed by atoms with E-state index in [-0.39, 0.29) is 17.4 Å². The van der Waals surface area contributed by atoms with E-state index in [9.17, 15) is 4.79 Å². The fourth-order valence-electron chi connectivity index (χ4n) is 2.73. The van der Waals surface area contributed by atoms with Crippen LogP contribution >= 0.6 is 0 Å². The second-order valence-corrected chi connectivity index (χ2v) is 6.84. The quantitative estimate of drug-likeness (QED) is 0.775. The van der Waals surface area contributed by atoms with Crippen LogP contribution < -0.4 is 11.1 Å². The van der Waals surface area contributed by atoms with Gasteiger partial charge in [0.2, 0.25) is 5.91 Å². The molecule has 19 heavy (non-hydrogen) atoms. The fraction of sp³-hybridized carbons (Fsp3) is 0.929. The summed E-state index contributed by atoms with van der Waals surface area (Å²) in [6.45, 7) is 9.38. The van der Waals surface area contributed by atoms with Gasteiger partial charge in [-0.2, -0.15) is 0 Å². The second-order valence-electron chi connectivity index (χ2n) is 6.84. The summed E-state index contributed by atoms with van der Waals surface area (Å²) in [7, 11) is 0. The first-order valence-electron chi connectivity index (χ1n) is 7.27. The van der Waals surface area contributed by atoms with Crippen LogP contribution in [0.3, 0.4) is 0 Å². The number of fused-ring (bicyclic) bond motifs is 1. The number of hydrogen-bond donors (Lipinski definition) is 2. The van der Waals surface area contributed by atoms with Crippen molar-refractivity contribution < 1.29 is 9.53 Å². The highest BCUT2D eigenvalue weighted by Crippen LogP contribution is 2.22. The molecule has 2 aliphatic heterocycles. The van der Waals surface area contributed by atoms with Gasteiger partial charge in [0, 0.05) is 19.1 Å². The Morgan fingerprint density at radius 1 is 1.53 bits per heavy atom. The monoisotopic (exact) mass is 269 g/mol. The van der Waals surface area contributed by atoms with Crippen LogP contribution in [0.2, 0.25) is 0 Å². The molecule has 1 amide bonds. The zero-order valence-electron chi connectivity index (χ0n) is 12.3. The van der Waals surface area contributed by atoms with Crippen molar-refractivity contribution in [1.29, 1.82) is 0 Å². The first kappa shape index (κ1) is 14.8. The van der Waals surface area contributed by atoms with Crippen LogP contribution in [0.1, 0.15) is 33.6 Å². The van der Waals surface area contributed by atoms with Crippen molar-refractivity contribution in [3.63, 3.8) is 0 Å². The minimum absolute atomic E-state index is 0.0837. The number of nitrogens with one attached hydrogen (secondary N) is 1. The number of hydrogen-bond acceptors (Lipinski definition) is 4. The van der Waals surface area contributed by atoms with Gasteiger partial charge in [-0.05, 0) is 24.8 Å². The van der Waals surface area contributed by atoms with Gasteiger partial charge in [0.25, 0.3) is 0 Å². The van der Waals surface area contributed by atoms with Crippen molar-refractivity contribution in [3.8, 4) is 0 Å². The SMILES string of the molecule is CC(C)(C)[C@H](N)C(=O)NCC1CN2CCCC2CO1. The number of nitrogens with zero attached hydrogens (tertiary/aromatic N) is 1. The highest BCUT2D eigenvalue weighted by atomic mass is 16.5. The van der Waals surface area contributed by atoms with E-state index in [4.69, 9.17) is 10.5 Å². The van der Waals surface area contributed by atoms with Gasteiger partial charge in [0.1, 0.15) is 0 Å². The number of morpholine rings is 1. The summed E-state index contributed by atoms with van der Waals surface area (Å²) in [6, 6.07) is 0.124. The molecule has 2 aliphatic rings. The summed E-state index contributed by atoms with van der Waals surface area (Å²) in [5.41, 5.74) is 5.72. The Morgan fingerprint density at radius 3 is 2.95 bits per heavy atom. The summed E-state index contributed by atoms with van der Waals surface area (Å²) >= 11 is 0. The van der Waals surface area contributed by atoms with Crippen LogP contribution in [0, 0.1) is 5.41 Å². The second kappa shape index (κ2) is 5.77. The van der Waals surface area contributed by atoms with E-state index in [2.05, 4.69) is 10.2 Å². The first-order valence-corrected chi connectivity index (χ1v) is 7.27. The molecule has 0 radical (unpaired) electrons. The number of nitrogens with two attached hydrogens (primary N) is 1. The highest BCUT2D eigenvalue weighted by Gasteiger charge is 2.33. The standard InChI is InChI=1S/C14H27N3O2/c1-14(2,3)12(15)13(18)16-7-11-8-17-6-4-5-10(17)9-19-11/h10-12H,4-9,15H2,1-3H3,(H,16,18)/t10?,11?,12-/m1/s1. The Balaban J connectivity index is 1.75. The van der Waals surface area contributed by atoms with Crippen molar-refractivity contribution in [2.24, 2.45) is 11.1 Å². The molecule has 2 unspecified atom stereocenters. The van der Waals surface area contributed by atoms with Gasteiger partial charge in [0.05, 0.1) is 18.8 Å². The number of amides is 1. The maximum Gasteiger partial charge on any atom is 0.237 e. The lowest BCUT2D eigenvalue weighted by Crippen LogP contribution is -2.53. The van der Waals surface area contributed by atoms with Crippen LogP contribution in [0.5, 0.6) is 0 Å². The van der Waals surface area contributed by atoms with Gasteiger partial charge in [-0.1, -0.05) is 20.8 Å². The smallest absolute Gasteiger partial charge is 0.237 e. The molecule has 5 heteroatoms. The van der Waals surface area contributed by atoms with E-state index in [0.29, 0.717) is 12.6 Å². The van der Waals surface area contributed by atoms with Gasteiger partial charge < -0.3 is 15.8 Å². The van der Waals surface area contributed by atoms with Gasteiger partial charge in [-0.25, -0.2) is 0 Å². The van der Waals surface area contributed by atoms with E-state index in [0.717, 1.165) is 13.2 Å². The predicted molar refractivity (Wildman–Crippen MR) is 74.8 cm³/mol. The Hall–Kier alpha value is -0.650. The Bertz CT molecular complexity index is 327. The van der Waals surface area contributed by atoms with Gasteiger partial charge in [0.15, 0.2) is 0 Å². The Morgan fingerprint density at radius 2 is 2.26 bits per heavy atom. The number of ether oxygens (including phenoxy) is 1. The molecule has 5 nitrogen and oxygen atoms in total. The van der Waals surface area contributed by atoms with E-state index >= 15 is 0 Å². The van der Waals surface area contributed by atoms with Crippen LogP contribution in [0.4, 0.5) is 0 Å². The maximum atomic E-state index is 12.0. The maximum absolute atomic E-state index is 12.0. The Labute approximate surface area is 115 Å². The summed E-state index contributed by atoms with van der Waals surface area (Å²) in [4.78, 5) is 14.4. The minimum Gasteiger partial charge on any atom is -0.373 e. The molecule has 2 saturated heterocycles. The van der Waals surface area contributed by atoms with Crippen molar-refractivity contribution in [1.82, 2.24) is 10.2 Å². The van der Waals surface area contributed by atoms with E-state index in [1.54, 1.807) is 0 Å². The molecule has 3 atom stereocenters. The van der Waals surface area contributed by atoms with Crippen molar-refractivity contribution in [2.75, 3.05) is 26.2 Å². The van der Waals surface area contributed by atoms with Crippen LogP contribution in [-0.4, -0.2) is 55.2 Å². The van der Waals surface area contributed by atoms with Crippen LogP contribution in [-0.2, 0) is 9.53 Å². The van der Waals surface area contributed by atoms with Gasteiger partial charge in [-0.15, -0.1) is 0 Å². The van der Waals surface area contributed by atoms with Crippen molar-refractivity contribution in [2.45, 2.75) is 51.8 Å². The number of carbonyl (C=O) groups is 1. The molecule has 2 rings (SSSR count). The molecule has 0 saturated carbocycles. The molecule has 0 spiro atoms. The van der Waals surface area contributed by atoms with E-state index in [1.165, 1.54) is 19.4 Å². The normalized spacial score (nSPS) is 29.9. The molecular formula is C14H27N3O2. The third-order valence-corrected chi connectivity index (χ3v) is 4.18. The lowest BCUT2D eigenvalue weighted by molar-refractivity contribution is -0.126. The first-order chi connectivity index (χ1) is 8.88. The van der Waals surface area contributed by atoms with Crippen molar-refractivity contribution in [3.05, 3.63) is 0 Å². The van der Waals surface area contributed by atoms with Crippen LogP contribution in [0.15, 0.2) is 0 Å². The predicted octanol–water partition coefficient (Wildman–Crippen LogP) is 0.339. The average Bonchev–Trinajstić information content (AvgIpc) is 2.81. The highest BCUT2D eigenvalue weighted by molar-refractivity contribution is 5.82. The molecule has 0 aromatic carbocycles. The molecular weight excluding hydrogens is 242 g/mol. The largest absolute Gasteiger partial charge is 0.373 e. The zero-order chi connectivity index (χ0) is 14.0. The van der Waals surface area contributed by atoms with Gasteiger partial charge >= 0.3 is 0 Å². The third kappa shape index (κ3) is 3.68. The summed E-state index contributed by atoms with van der Waals surface area (Å²) in [5, 5.41) is 2.92. The molecule has 0 bridgehead atoms. The molecule has 110 valence electrons. The minimum atomic E-state index is -0.476. The lowest BCUT2D eigenvalue weighted by atomic mass is 9.87. The van der Waals surface area contributed by atoms with E-state index in [1.807, 2.05) is 20.8 Å². The molecule has 0 aliphatic carbocycles. The molecule has 2 heterocycles. The number of carbonyl (C=O) groups excluding carboxylic acids is 1. The average molecular weight is 269 g/mol. The number of rotatable bonds is 3. The summed E-state index contributed by atoms with van der Waals surface area (Å²) < 4.78 is 5.81. The lowest BCUT2D eigenvalue weighted by Gasteiger charge is -2.35. The van der Waals surface area contributed by atoms with Gasteiger partial charge in [-0.3, -0.25) is 9.69 Å². The Kier molecular flexibility index (Phi) is 4.48. The summed E-state index contributed by atoms with van der Waals surface area (Å²) in [5.74, 6) is -0.0837. The summed E-state index contributed by atoms with van der Waals surface area (Å²) in [6.07, 6.45) is 2.61. The molecule has 0 aromatic heterocycles. The van der Waals surface area contributed by atoms with Crippen molar-refractivity contribution >= 4 is 5.91 Å². The molecule has 0 aromatic rings.